The summed E-state index contributed by atoms with van der Waals surface area (Å²) in [5, 5.41) is 14.9. The summed E-state index contributed by atoms with van der Waals surface area (Å²) in [6.07, 6.45) is 2.88. The molecule has 2 aromatic heterocycles. The minimum Gasteiger partial charge on any atom is -0.278 e. The van der Waals surface area contributed by atoms with Crippen molar-refractivity contribution in [3.05, 3.63) is 58.9 Å². The maximum absolute atomic E-state index is 4.91. The van der Waals surface area contributed by atoms with E-state index in [1.165, 1.54) is 33.0 Å². The van der Waals surface area contributed by atoms with Gasteiger partial charge in [-0.05, 0) is 47.6 Å². The summed E-state index contributed by atoms with van der Waals surface area (Å²) in [7, 11) is 2.03. The van der Waals surface area contributed by atoms with Crippen LogP contribution in [0.4, 0.5) is 0 Å². The van der Waals surface area contributed by atoms with Gasteiger partial charge in [0, 0.05) is 23.2 Å². The highest BCUT2D eigenvalue weighted by atomic mass is 15.3. The molecule has 0 fully saturated rings. The zero-order valence-corrected chi connectivity index (χ0v) is 18.0. The highest BCUT2D eigenvalue weighted by Gasteiger charge is 2.30. The van der Waals surface area contributed by atoms with Gasteiger partial charge in [-0.2, -0.15) is 10.2 Å². The molecular formula is C24H30N4. The third-order valence-electron chi connectivity index (χ3n) is 5.89. The second-order valence-electron chi connectivity index (χ2n) is 9.67. The smallest absolute Gasteiger partial charge is 0.0762 e. The van der Waals surface area contributed by atoms with Crippen molar-refractivity contribution in [1.82, 2.24) is 20.0 Å². The summed E-state index contributed by atoms with van der Waals surface area (Å²) in [5.74, 6) is 0. The molecule has 0 spiro atoms. The lowest BCUT2D eigenvalue weighted by atomic mass is 9.76. The van der Waals surface area contributed by atoms with Crippen molar-refractivity contribution in [3.8, 4) is 0 Å². The number of para-hydroxylation sites is 1. The Morgan fingerprint density at radius 1 is 1.07 bits per heavy atom. The maximum atomic E-state index is 4.91. The predicted octanol–water partition coefficient (Wildman–Crippen LogP) is 5.58. The van der Waals surface area contributed by atoms with Crippen molar-refractivity contribution in [2.75, 3.05) is 0 Å². The first-order chi connectivity index (χ1) is 13.1. The maximum Gasteiger partial charge on any atom is 0.0762 e. The zero-order valence-electron chi connectivity index (χ0n) is 18.0. The molecule has 4 nitrogen and oxygen atoms in total. The molecule has 0 unspecified atom stereocenters. The molecule has 0 saturated heterocycles. The molecule has 0 aliphatic rings. The molecule has 0 aliphatic carbocycles. The van der Waals surface area contributed by atoms with Gasteiger partial charge in [-0.3, -0.25) is 9.78 Å². The summed E-state index contributed by atoms with van der Waals surface area (Å²) >= 11 is 0. The first-order valence-corrected chi connectivity index (χ1v) is 9.98. The van der Waals surface area contributed by atoms with Crippen LogP contribution in [0.5, 0.6) is 0 Å². The van der Waals surface area contributed by atoms with Gasteiger partial charge in [0.2, 0.25) is 0 Å². The first kappa shape index (κ1) is 18.7. The standard InChI is InChI=1S/C24H30N4/c1-15-16(12-17-14-25-26-21(17)20(15)23(2,3)4)13-24(5,6)22-18-10-8-9-11-19(18)28(7)27-22/h8-12,14H,13H2,1-7H3,(H,25,26). The molecule has 0 atom stereocenters. The second-order valence-corrected chi connectivity index (χ2v) is 9.67. The van der Waals surface area contributed by atoms with Crippen molar-refractivity contribution in [3.63, 3.8) is 0 Å². The molecular weight excluding hydrogens is 344 g/mol. The molecule has 4 heteroatoms. The molecule has 4 aromatic rings. The van der Waals surface area contributed by atoms with E-state index in [2.05, 4.69) is 82.1 Å². The number of hydrogen-bond donors (Lipinski definition) is 1. The quantitative estimate of drug-likeness (QED) is 0.509. The molecule has 146 valence electrons. The Balaban J connectivity index is 1.86. The van der Waals surface area contributed by atoms with E-state index >= 15 is 0 Å². The average Bonchev–Trinajstić information content (AvgIpc) is 3.19. The first-order valence-electron chi connectivity index (χ1n) is 9.98. The van der Waals surface area contributed by atoms with Crippen LogP contribution in [-0.2, 0) is 24.3 Å². The Kier molecular flexibility index (Phi) is 4.14. The molecule has 1 N–H and O–H groups in total. The Bertz CT molecular complexity index is 1170. The van der Waals surface area contributed by atoms with Gasteiger partial charge in [0.05, 0.1) is 22.9 Å². The van der Waals surface area contributed by atoms with E-state index in [9.17, 15) is 0 Å². The second kappa shape index (κ2) is 6.20. The predicted molar refractivity (Wildman–Crippen MR) is 117 cm³/mol. The largest absolute Gasteiger partial charge is 0.278 e. The van der Waals surface area contributed by atoms with Crippen LogP contribution in [0.25, 0.3) is 21.8 Å². The molecule has 28 heavy (non-hydrogen) atoms. The van der Waals surface area contributed by atoms with Crippen molar-refractivity contribution < 1.29 is 0 Å². The fourth-order valence-corrected chi connectivity index (χ4v) is 4.64. The molecule has 0 amide bonds. The minimum absolute atomic E-state index is 0.0483. The number of aryl methyl sites for hydroxylation is 1. The van der Waals surface area contributed by atoms with Crippen LogP contribution in [0.15, 0.2) is 36.5 Å². The van der Waals surface area contributed by atoms with Crippen molar-refractivity contribution in [1.29, 1.82) is 0 Å². The van der Waals surface area contributed by atoms with Crippen LogP contribution in [0.1, 0.15) is 57.0 Å². The van der Waals surface area contributed by atoms with E-state index in [0.29, 0.717) is 0 Å². The number of fused-ring (bicyclic) bond motifs is 2. The summed E-state index contributed by atoms with van der Waals surface area (Å²) in [6.45, 7) is 13.7. The van der Waals surface area contributed by atoms with E-state index in [0.717, 1.165) is 17.6 Å². The molecule has 2 aromatic carbocycles. The lowest BCUT2D eigenvalue weighted by Crippen LogP contribution is -2.24. The van der Waals surface area contributed by atoms with Crippen LogP contribution in [0.3, 0.4) is 0 Å². The molecule has 0 aliphatic heterocycles. The van der Waals surface area contributed by atoms with Gasteiger partial charge < -0.3 is 0 Å². The Morgan fingerprint density at radius 3 is 2.50 bits per heavy atom. The summed E-state index contributed by atoms with van der Waals surface area (Å²) in [6, 6.07) is 10.8. The highest BCUT2D eigenvalue weighted by Crippen LogP contribution is 2.38. The average molecular weight is 375 g/mol. The lowest BCUT2D eigenvalue weighted by molar-refractivity contribution is 0.497. The third kappa shape index (κ3) is 2.92. The van der Waals surface area contributed by atoms with Gasteiger partial charge in [-0.1, -0.05) is 52.8 Å². The number of benzene rings is 2. The lowest BCUT2D eigenvalue weighted by Gasteiger charge is -2.28. The fourth-order valence-electron chi connectivity index (χ4n) is 4.64. The number of H-pyrrole nitrogens is 1. The monoisotopic (exact) mass is 374 g/mol. The Labute approximate surface area is 167 Å². The third-order valence-corrected chi connectivity index (χ3v) is 5.89. The summed E-state index contributed by atoms with van der Waals surface area (Å²) in [5.41, 5.74) is 7.56. The normalized spacial score (nSPS) is 13.0. The van der Waals surface area contributed by atoms with Crippen molar-refractivity contribution in [2.45, 2.75) is 58.8 Å². The summed E-state index contributed by atoms with van der Waals surface area (Å²) < 4.78 is 2.00. The van der Waals surface area contributed by atoms with Gasteiger partial charge in [0.1, 0.15) is 0 Å². The van der Waals surface area contributed by atoms with Gasteiger partial charge in [-0.25, -0.2) is 0 Å². The number of hydrogen-bond acceptors (Lipinski definition) is 2. The Morgan fingerprint density at radius 2 is 1.79 bits per heavy atom. The topological polar surface area (TPSA) is 46.5 Å². The Hall–Kier alpha value is -2.62. The number of rotatable bonds is 3. The number of aromatic amines is 1. The molecule has 0 saturated carbocycles. The number of nitrogens with zero attached hydrogens (tertiary/aromatic N) is 3. The fraction of sp³-hybridized carbons (Fsp3) is 0.417. The molecule has 4 rings (SSSR count). The molecule has 0 radical (unpaired) electrons. The van der Waals surface area contributed by atoms with Crippen LogP contribution < -0.4 is 0 Å². The highest BCUT2D eigenvalue weighted by molar-refractivity contribution is 5.85. The van der Waals surface area contributed by atoms with E-state index in [1.54, 1.807) is 0 Å². The summed E-state index contributed by atoms with van der Waals surface area (Å²) in [4.78, 5) is 0. The minimum atomic E-state index is -0.0851. The van der Waals surface area contributed by atoms with E-state index in [1.807, 2.05) is 17.9 Å². The van der Waals surface area contributed by atoms with Gasteiger partial charge >= 0.3 is 0 Å². The van der Waals surface area contributed by atoms with E-state index < -0.39 is 0 Å². The number of aromatic nitrogens is 4. The van der Waals surface area contributed by atoms with Crippen molar-refractivity contribution >= 4 is 21.8 Å². The van der Waals surface area contributed by atoms with E-state index in [-0.39, 0.29) is 10.8 Å². The van der Waals surface area contributed by atoms with Gasteiger partial charge in [0.15, 0.2) is 0 Å². The van der Waals surface area contributed by atoms with Crippen LogP contribution >= 0.6 is 0 Å². The van der Waals surface area contributed by atoms with Gasteiger partial charge in [0.25, 0.3) is 0 Å². The van der Waals surface area contributed by atoms with Crippen LogP contribution in [0.2, 0.25) is 0 Å². The SMILES string of the molecule is Cc1c(CC(C)(C)c2nn(C)c3ccccc23)cc2cn[nH]c2c1C(C)(C)C. The van der Waals surface area contributed by atoms with Crippen molar-refractivity contribution in [2.24, 2.45) is 7.05 Å². The van der Waals surface area contributed by atoms with E-state index in [4.69, 9.17) is 5.10 Å². The van der Waals surface area contributed by atoms with Crippen LogP contribution in [0, 0.1) is 6.92 Å². The zero-order chi connectivity index (χ0) is 20.3. The van der Waals surface area contributed by atoms with Gasteiger partial charge in [-0.15, -0.1) is 0 Å². The molecule has 2 heterocycles. The van der Waals surface area contributed by atoms with Crippen LogP contribution in [-0.4, -0.2) is 20.0 Å². The molecule has 0 bridgehead atoms. The number of nitrogens with one attached hydrogen (secondary N) is 1.